The van der Waals surface area contributed by atoms with E-state index in [1.807, 2.05) is 38.4 Å². The lowest BCUT2D eigenvalue weighted by molar-refractivity contribution is 0.232. The minimum Gasteiger partial charge on any atom is -0.497 e. The summed E-state index contributed by atoms with van der Waals surface area (Å²) in [6, 6.07) is 8.02. The highest BCUT2D eigenvalue weighted by molar-refractivity contribution is 5.73. The van der Waals surface area contributed by atoms with Crippen molar-refractivity contribution in [2.24, 2.45) is 5.92 Å². The first-order valence-corrected chi connectivity index (χ1v) is 7.42. The molecule has 2 N–H and O–H groups in total. The van der Waals surface area contributed by atoms with Gasteiger partial charge in [-0.2, -0.15) is 0 Å². The Hall–Kier alpha value is -1.75. The van der Waals surface area contributed by atoms with Gasteiger partial charge < -0.3 is 20.3 Å². The van der Waals surface area contributed by atoms with Crippen molar-refractivity contribution >= 4 is 6.03 Å². The molecule has 0 aromatic heterocycles. The lowest BCUT2D eigenvalue weighted by atomic mass is 10.1. The largest absolute Gasteiger partial charge is 0.497 e. The second-order valence-corrected chi connectivity index (χ2v) is 5.79. The Balaban J connectivity index is 1.86. The van der Waals surface area contributed by atoms with Crippen molar-refractivity contribution in [2.45, 2.75) is 18.9 Å². The third kappa shape index (κ3) is 4.93. The van der Waals surface area contributed by atoms with Gasteiger partial charge in [0.05, 0.1) is 13.2 Å². The molecule has 0 bridgehead atoms. The fraction of sp³-hybridized carbons (Fsp3) is 0.562. The molecule has 2 rings (SSSR count). The van der Waals surface area contributed by atoms with Gasteiger partial charge in [-0.15, -0.1) is 0 Å². The van der Waals surface area contributed by atoms with Crippen LogP contribution < -0.4 is 15.4 Å². The monoisotopic (exact) mass is 291 g/mol. The van der Waals surface area contributed by atoms with Crippen molar-refractivity contribution in [3.63, 3.8) is 0 Å². The maximum atomic E-state index is 11.8. The number of carbonyl (C=O) groups is 1. The molecule has 1 aliphatic carbocycles. The molecule has 1 fully saturated rings. The molecule has 0 saturated heterocycles. The van der Waals surface area contributed by atoms with Crippen LogP contribution in [-0.2, 0) is 0 Å². The number of benzene rings is 1. The van der Waals surface area contributed by atoms with Crippen molar-refractivity contribution in [3.05, 3.63) is 29.8 Å². The smallest absolute Gasteiger partial charge is 0.314 e. The van der Waals surface area contributed by atoms with Gasteiger partial charge >= 0.3 is 6.03 Å². The van der Waals surface area contributed by atoms with Crippen molar-refractivity contribution in [1.29, 1.82) is 0 Å². The number of amides is 2. The Morgan fingerprint density at radius 3 is 2.48 bits per heavy atom. The summed E-state index contributed by atoms with van der Waals surface area (Å²) in [5.41, 5.74) is 1.16. The molecule has 1 aromatic rings. The molecule has 1 saturated carbocycles. The summed E-state index contributed by atoms with van der Waals surface area (Å²) in [5, 5.41) is 5.87. The molecule has 2 amide bonds. The lowest BCUT2D eigenvalue weighted by Crippen LogP contribution is -2.41. The molecule has 0 radical (unpaired) electrons. The summed E-state index contributed by atoms with van der Waals surface area (Å²) in [6.07, 6.45) is 2.49. The molecule has 0 aliphatic heterocycles. The fourth-order valence-corrected chi connectivity index (χ4v) is 2.24. The van der Waals surface area contributed by atoms with Crippen LogP contribution in [0.3, 0.4) is 0 Å². The highest BCUT2D eigenvalue weighted by atomic mass is 16.5. The van der Waals surface area contributed by atoms with E-state index < -0.39 is 0 Å². The van der Waals surface area contributed by atoms with Gasteiger partial charge in [0.2, 0.25) is 0 Å². The Morgan fingerprint density at radius 2 is 1.95 bits per heavy atom. The van der Waals surface area contributed by atoms with Crippen LogP contribution in [0.4, 0.5) is 4.79 Å². The Labute approximate surface area is 126 Å². The summed E-state index contributed by atoms with van der Waals surface area (Å²) < 4.78 is 5.17. The molecule has 1 atom stereocenters. The van der Waals surface area contributed by atoms with Crippen LogP contribution in [0.1, 0.15) is 24.4 Å². The van der Waals surface area contributed by atoms with Gasteiger partial charge in [0.25, 0.3) is 0 Å². The summed E-state index contributed by atoms with van der Waals surface area (Å²) in [6.45, 7) is 1.37. The Kier molecular flexibility index (Phi) is 5.44. The zero-order valence-electron chi connectivity index (χ0n) is 13.1. The zero-order valence-corrected chi connectivity index (χ0v) is 13.1. The van der Waals surface area contributed by atoms with E-state index in [9.17, 15) is 4.79 Å². The van der Waals surface area contributed by atoms with Gasteiger partial charge in [0.1, 0.15) is 5.75 Å². The lowest BCUT2D eigenvalue weighted by Gasteiger charge is -2.25. The molecule has 0 heterocycles. The predicted octanol–water partition coefficient (Wildman–Crippen LogP) is 2.01. The van der Waals surface area contributed by atoms with Gasteiger partial charge in [-0.3, -0.25) is 0 Å². The first-order chi connectivity index (χ1) is 10.1. The van der Waals surface area contributed by atoms with Gasteiger partial charge in [0, 0.05) is 13.1 Å². The van der Waals surface area contributed by atoms with E-state index >= 15 is 0 Å². The second-order valence-electron chi connectivity index (χ2n) is 5.79. The zero-order chi connectivity index (χ0) is 15.2. The molecular formula is C16H25N3O2. The van der Waals surface area contributed by atoms with Crippen LogP contribution in [0.25, 0.3) is 0 Å². The minimum atomic E-state index is -0.0812. The number of rotatable bonds is 7. The average Bonchev–Trinajstić information content (AvgIpc) is 3.30. The first kappa shape index (κ1) is 15.6. The SMILES string of the molecule is COc1ccc(C(CNC(=O)NCC2CC2)N(C)C)cc1. The van der Waals surface area contributed by atoms with Gasteiger partial charge in [0.15, 0.2) is 0 Å². The molecule has 5 heteroatoms. The van der Waals surface area contributed by atoms with Crippen LogP contribution >= 0.6 is 0 Å². The van der Waals surface area contributed by atoms with Crippen LogP contribution in [0.2, 0.25) is 0 Å². The summed E-state index contributed by atoms with van der Waals surface area (Å²) in [5.74, 6) is 1.54. The maximum Gasteiger partial charge on any atom is 0.314 e. The van der Waals surface area contributed by atoms with Crippen molar-refractivity contribution in [3.8, 4) is 5.75 Å². The average molecular weight is 291 g/mol. The second kappa shape index (κ2) is 7.31. The van der Waals surface area contributed by atoms with E-state index in [1.54, 1.807) is 7.11 Å². The van der Waals surface area contributed by atoms with Gasteiger partial charge in [-0.05, 0) is 50.6 Å². The van der Waals surface area contributed by atoms with Crippen LogP contribution in [-0.4, -0.2) is 45.2 Å². The third-order valence-electron chi connectivity index (χ3n) is 3.83. The summed E-state index contributed by atoms with van der Waals surface area (Å²) >= 11 is 0. The molecule has 0 spiro atoms. The molecule has 21 heavy (non-hydrogen) atoms. The maximum absolute atomic E-state index is 11.8. The molecule has 5 nitrogen and oxygen atoms in total. The standard InChI is InChI=1S/C16H25N3O2/c1-19(2)15(13-6-8-14(21-3)9-7-13)11-18-16(20)17-10-12-4-5-12/h6-9,12,15H,4-5,10-11H2,1-3H3,(H2,17,18,20). The normalized spacial score (nSPS) is 15.6. The molecule has 1 aliphatic rings. The van der Waals surface area contributed by atoms with Crippen molar-refractivity contribution < 1.29 is 9.53 Å². The van der Waals surface area contributed by atoms with E-state index in [1.165, 1.54) is 12.8 Å². The van der Waals surface area contributed by atoms with E-state index in [0.29, 0.717) is 12.5 Å². The van der Waals surface area contributed by atoms with E-state index in [2.05, 4.69) is 15.5 Å². The first-order valence-electron chi connectivity index (χ1n) is 7.42. The predicted molar refractivity (Wildman–Crippen MR) is 83.5 cm³/mol. The Morgan fingerprint density at radius 1 is 1.29 bits per heavy atom. The molecule has 1 unspecified atom stereocenters. The number of methoxy groups -OCH3 is 1. The minimum absolute atomic E-state index is 0.0812. The van der Waals surface area contributed by atoms with E-state index in [0.717, 1.165) is 17.9 Å². The summed E-state index contributed by atoms with van der Waals surface area (Å²) in [7, 11) is 5.68. The Bertz CT molecular complexity index is 455. The number of hydrogen-bond acceptors (Lipinski definition) is 3. The number of likely N-dealkylation sites (N-methyl/N-ethyl adjacent to an activating group) is 1. The van der Waals surface area contributed by atoms with Crippen LogP contribution in [0, 0.1) is 5.92 Å². The number of nitrogens with one attached hydrogen (secondary N) is 2. The fourth-order valence-electron chi connectivity index (χ4n) is 2.24. The van der Waals surface area contributed by atoms with Crippen molar-refractivity contribution in [1.82, 2.24) is 15.5 Å². The van der Waals surface area contributed by atoms with Crippen LogP contribution in [0.5, 0.6) is 5.75 Å². The molecule has 1 aromatic carbocycles. The van der Waals surface area contributed by atoms with E-state index in [4.69, 9.17) is 4.74 Å². The van der Waals surface area contributed by atoms with E-state index in [-0.39, 0.29) is 12.1 Å². The van der Waals surface area contributed by atoms with Gasteiger partial charge in [-0.1, -0.05) is 12.1 Å². The number of urea groups is 1. The summed E-state index contributed by atoms with van der Waals surface area (Å²) in [4.78, 5) is 13.9. The quantitative estimate of drug-likeness (QED) is 0.808. The number of ether oxygens (including phenoxy) is 1. The number of carbonyl (C=O) groups excluding carboxylic acids is 1. The topological polar surface area (TPSA) is 53.6 Å². The molecular weight excluding hydrogens is 266 g/mol. The van der Waals surface area contributed by atoms with Gasteiger partial charge in [-0.25, -0.2) is 4.79 Å². The number of hydrogen-bond donors (Lipinski definition) is 2. The highest BCUT2D eigenvalue weighted by Crippen LogP contribution is 2.27. The van der Waals surface area contributed by atoms with Crippen molar-refractivity contribution in [2.75, 3.05) is 34.3 Å². The third-order valence-corrected chi connectivity index (χ3v) is 3.83. The molecule has 116 valence electrons. The highest BCUT2D eigenvalue weighted by Gasteiger charge is 2.22. The number of nitrogens with zero attached hydrogens (tertiary/aromatic N) is 1. The van der Waals surface area contributed by atoms with Crippen LogP contribution in [0.15, 0.2) is 24.3 Å².